The van der Waals surface area contributed by atoms with E-state index in [9.17, 15) is 4.21 Å². The zero-order valence-corrected chi connectivity index (χ0v) is 12.8. The van der Waals surface area contributed by atoms with Crippen molar-refractivity contribution < 1.29 is 13.7 Å². The zero-order valence-electron chi connectivity index (χ0n) is 12.0. The normalized spacial score (nSPS) is 12.1. The van der Waals surface area contributed by atoms with Crippen LogP contribution in [0, 0.1) is 0 Å². The van der Waals surface area contributed by atoms with Crippen LogP contribution in [-0.4, -0.2) is 33.4 Å². The van der Waals surface area contributed by atoms with Crippen LogP contribution < -0.4 is 9.47 Å². The largest absolute Gasteiger partial charge is 0.481 e. The molecule has 0 spiro atoms. The molecule has 2 aromatic heterocycles. The number of para-hydroxylation sites is 1. The molecule has 1 atom stereocenters. The molecule has 0 aliphatic carbocycles. The number of methoxy groups -OCH3 is 2. The topological polar surface area (TPSA) is 74.2 Å². The van der Waals surface area contributed by atoms with Crippen LogP contribution in [0.25, 0.3) is 10.9 Å². The van der Waals surface area contributed by atoms with Gasteiger partial charge in [-0.25, -0.2) is 4.21 Å². The van der Waals surface area contributed by atoms with Crippen molar-refractivity contribution in [3.8, 4) is 11.8 Å². The van der Waals surface area contributed by atoms with Crippen molar-refractivity contribution in [3.63, 3.8) is 0 Å². The van der Waals surface area contributed by atoms with E-state index >= 15 is 0 Å². The summed E-state index contributed by atoms with van der Waals surface area (Å²) in [7, 11) is 1.37. The quantitative estimate of drug-likeness (QED) is 0.687. The molecule has 3 aromatic rings. The standard InChI is InChI=1S/C15H13N3O3S/c1-20-12-9-13(21-2)18-15(17-12)22(19)11-7-3-5-10-6-4-8-16-14(10)11/h3-9H,1-2H3. The minimum atomic E-state index is -1.59. The maximum atomic E-state index is 12.8. The van der Waals surface area contributed by atoms with Crippen molar-refractivity contribution in [2.45, 2.75) is 10.1 Å². The second kappa shape index (κ2) is 6.07. The van der Waals surface area contributed by atoms with Crippen LogP contribution in [0.15, 0.2) is 52.6 Å². The molecular weight excluding hydrogens is 302 g/mol. The van der Waals surface area contributed by atoms with Gasteiger partial charge in [0.25, 0.3) is 0 Å². The Hall–Kier alpha value is -2.54. The molecular formula is C15H13N3O3S. The highest BCUT2D eigenvalue weighted by atomic mass is 32.2. The number of aromatic nitrogens is 3. The third-order valence-electron chi connectivity index (χ3n) is 3.04. The Bertz CT molecular complexity index is 827. The second-order valence-electron chi connectivity index (χ2n) is 4.34. The molecule has 0 saturated heterocycles. The Morgan fingerprint density at radius 3 is 2.36 bits per heavy atom. The lowest BCUT2D eigenvalue weighted by molar-refractivity contribution is 0.363. The number of nitrogens with zero attached hydrogens (tertiary/aromatic N) is 3. The molecule has 6 nitrogen and oxygen atoms in total. The van der Waals surface area contributed by atoms with Crippen molar-refractivity contribution >= 4 is 21.7 Å². The number of hydrogen-bond acceptors (Lipinski definition) is 6. The fraction of sp³-hybridized carbons (Fsp3) is 0.133. The summed E-state index contributed by atoms with van der Waals surface area (Å²) in [6.07, 6.45) is 1.66. The Morgan fingerprint density at radius 2 is 1.68 bits per heavy atom. The van der Waals surface area contributed by atoms with Gasteiger partial charge in [0, 0.05) is 11.6 Å². The van der Waals surface area contributed by atoms with Gasteiger partial charge in [0.2, 0.25) is 16.9 Å². The second-order valence-corrected chi connectivity index (χ2v) is 5.68. The summed E-state index contributed by atoms with van der Waals surface area (Å²) in [6.45, 7) is 0. The van der Waals surface area contributed by atoms with Crippen molar-refractivity contribution in [1.82, 2.24) is 15.0 Å². The zero-order chi connectivity index (χ0) is 15.5. The van der Waals surface area contributed by atoms with Crippen molar-refractivity contribution in [2.75, 3.05) is 14.2 Å². The van der Waals surface area contributed by atoms with Crippen LogP contribution in [0.4, 0.5) is 0 Å². The lowest BCUT2D eigenvalue weighted by Crippen LogP contribution is -2.04. The lowest BCUT2D eigenvalue weighted by Gasteiger charge is -2.07. The molecule has 7 heteroatoms. The van der Waals surface area contributed by atoms with E-state index in [4.69, 9.17) is 9.47 Å². The Kier molecular flexibility index (Phi) is 3.97. The fourth-order valence-corrected chi connectivity index (χ4v) is 3.09. The Morgan fingerprint density at radius 1 is 1.00 bits per heavy atom. The van der Waals surface area contributed by atoms with Gasteiger partial charge in [-0.05, 0) is 12.1 Å². The molecule has 0 bridgehead atoms. The first-order valence-electron chi connectivity index (χ1n) is 6.45. The van der Waals surface area contributed by atoms with Crippen LogP contribution in [0.1, 0.15) is 0 Å². The number of benzene rings is 1. The van der Waals surface area contributed by atoms with Gasteiger partial charge < -0.3 is 9.47 Å². The molecule has 0 aliphatic rings. The molecule has 112 valence electrons. The molecule has 0 radical (unpaired) electrons. The van der Waals surface area contributed by atoms with Crippen LogP contribution in [0.3, 0.4) is 0 Å². The van der Waals surface area contributed by atoms with Gasteiger partial charge in [0.15, 0.2) is 0 Å². The summed E-state index contributed by atoms with van der Waals surface area (Å²) in [5, 5.41) is 1.03. The summed E-state index contributed by atoms with van der Waals surface area (Å²) < 4.78 is 23.0. The average Bonchev–Trinajstić information content (AvgIpc) is 2.60. The first-order chi connectivity index (χ1) is 10.7. The van der Waals surface area contributed by atoms with Crippen LogP contribution >= 0.6 is 0 Å². The molecule has 3 rings (SSSR count). The number of rotatable bonds is 4. The maximum absolute atomic E-state index is 12.8. The lowest BCUT2D eigenvalue weighted by atomic mass is 10.2. The fourth-order valence-electron chi connectivity index (χ4n) is 2.00. The highest BCUT2D eigenvalue weighted by Crippen LogP contribution is 2.24. The van der Waals surface area contributed by atoms with E-state index in [0.717, 1.165) is 5.39 Å². The van der Waals surface area contributed by atoms with Gasteiger partial charge in [0.05, 0.1) is 30.7 Å². The maximum Gasteiger partial charge on any atom is 0.230 e. The van der Waals surface area contributed by atoms with E-state index in [1.807, 2.05) is 24.3 Å². The van der Waals surface area contributed by atoms with Gasteiger partial charge in [0.1, 0.15) is 10.8 Å². The number of hydrogen-bond donors (Lipinski definition) is 0. The summed E-state index contributed by atoms with van der Waals surface area (Å²) in [5.74, 6) is 0.590. The average molecular weight is 315 g/mol. The SMILES string of the molecule is COc1cc(OC)nc(S(=O)c2cccc3cccnc23)n1. The highest BCUT2D eigenvalue weighted by Gasteiger charge is 2.17. The van der Waals surface area contributed by atoms with Crippen molar-refractivity contribution in [1.29, 1.82) is 0 Å². The minimum Gasteiger partial charge on any atom is -0.481 e. The first-order valence-corrected chi connectivity index (χ1v) is 7.60. The van der Waals surface area contributed by atoms with Crippen LogP contribution in [-0.2, 0) is 10.8 Å². The predicted octanol–water partition coefficient (Wildman–Crippen LogP) is 2.21. The predicted molar refractivity (Wildman–Crippen MR) is 81.6 cm³/mol. The van der Waals surface area contributed by atoms with E-state index in [0.29, 0.717) is 22.2 Å². The molecule has 1 unspecified atom stereocenters. The van der Waals surface area contributed by atoms with E-state index in [1.54, 1.807) is 12.3 Å². The van der Waals surface area contributed by atoms with Crippen molar-refractivity contribution in [2.24, 2.45) is 0 Å². The molecule has 0 N–H and O–H groups in total. The molecule has 2 heterocycles. The minimum absolute atomic E-state index is 0.120. The summed E-state index contributed by atoms with van der Waals surface area (Å²) in [4.78, 5) is 13.1. The first kappa shape index (κ1) is 14.4. The monoisotopic (exact) mass is 315 g/mol. The van der Waals surface area contributed by atoms with E-state index in [2.05, 4.69) is 15.0 Å². The van der Waals surface area contributed by atoms with Gasteiger partial charge in [-0.15, -0.1) is 0 Å². The number of ether oxygens (including phenoxy) is 2. The third-order valence-corrected chi connectivity index (χ3v) is 4.28. The van der Waals surface area contributed by atoms with E-state index < -0.39 is 10.8 Å². The highest BCUT2D eigenvalue weighted by molar-refractivity contribution is 7.85. The van der Waals surface area contributed by atoms with Gasteiger partial charge in [-0.1, -0.05) is 18.2 Å². The molecule has 22 heavy (non-hydrogen) atoms. The number of fused-ring (bicyclic) bond motifs is 1. The van der Waals surface area contributed by atoms with Crippen LogP contribution in [0.5, 0.6) is 11.8 Å². The Balaban J connectivity index is 2.14. The van der Waals surface area contributed by atoms with Gasteiger partial charge in [-0.2, -0.15) is 9.97 Å². The smallest absolute Gasteiger partial charge is 0.230 e. The van der Waals surface area contributed by atoms with Crippen molar-refractivity contribution in [3.05, 3.63) is 42.6 Å². The van der Waals surface area contributed by atoms with Crippen LogP contribution in [0.2, 0.25) is 0 Å². The molecule has 0 saturated carbocycles. The molecule has 0 amide bonds. The Labute approximate surface area is 129 Å². The van der Waals surface area contributed by atoms with Gasteiger partial charge >= 0.3 is 0 Å². The van der Waals surface area contributed by atoms with E-state index in [1.165, 1.54) is 20.3 Å². The van der Waals surface area contributed by atoms with Gasteiger partial charge in [-0.3, -0.25) is 4.98 Å². The molecule has 1 aromatic carbocycles. The van der Waals surface area contributed by atoms with E-state index in [-0.39, 0.29) is 5.16 Å². The summed E-state index contributed by atoms with van der Waals surface area (Å²) >= 11 is 0. The molecule has 0 aliphatic heterocycles. The summed E-state index contributed by atoms with van der Waals surface area (Å²) in [5.41, 5.74) is 0.661. The number of pyridine rings is 1. The third kappa shape index (κ3) is 2.62. The summed E-state index contributed by atoms with van der Waals surface area (Å²) in [6, 6.07) is 10.8. The molecule has 0 fully saturated rings.